The molecule has 2 aliphatic carbocycles. The first kappa shape index (κ1) is 36.8. The van der Waals surface area contributed by atoms with Gasteiger partial charge in [-0.15, -0.1) is 0 Å². The second kappa shape index (κ2) is 12.2. The van der Waals surface area contributed by atoms with E-state index in [4.69, 9.17) is 4.42 Å². The molecule has 3 heterocycles. The van der Waals surface area contributed by atoms with E-state index in [1.54, 1.807) is 0 Å². The number of furan rings is 1. The molecule has 3 nitrogen and oxygen atoms in total. The molecule has 0 saturated carbocycles. The van der Waals surface area contributed by atoms with Crippen molar-refractivity contribution in [2.75, 3.05) is 5.32 Å². The topological polar surface area (TPSA) is 30.1 Å². The minimum atomic E-state index is -0.149. The number of benzene rings is 8. The van der Waals surface area contributed by atoms with E-state index < -0.39 is 0 Å². The Bertz CT molecular complexity index is 3660. The SMILES string of the molecule is Cc1cc(-c2cc3c(cc2Nc2ccc(C(C)(C)C)cc2)-c2ccccc2C3(C)C)c2c3c1c1cc4oc5ccccc5c4cc1n3-c1cc3c(cc1B2)C(C)(C)c1ccccc1-3. The van der Waals surface area contributed by atoms with Crippen molar-refractivity contribution in [1.82, 2.24) is 4.57 Å². The zero-order valence-corrected chi connectivity index (χ0v) is 37.3. The summed E-state index contributed by atoms with van der Waals surface area (Å²) in [5.41, 5.74) is 26.5. The fourth-order valence-corrected chi connectivity index (χ4v) is 12.0. The molecule has 0 bridgehead atoms. The Morgan fingerprint density at radius 1 is 0.556 bits per heavy atom. The van der Waals surface area contributed by atoms with Gasteiger partial charge in [0, 0.05) is 60.5 Å². The minimum Gasteiger partial charge on any atom is -0.456 e. The van der Waals surface area contributed by atoms with Gasteiger partial charge in [-0.05, 0) is 128 Å². The van der Waals surface area contributed by atoms with E-state index in [1.165, 1.54) is 105 Å². The van der Waals surface area contributed by atoms with Gasteiger partial charge in [-0.25, -0.2) is 0 Å². The van der Waals surface area contributed by atoms with Gasteiger partial charge in [0.2, 0.25) is 0 Å². The Balaban J connectivity index is 1.12. The van der Waals surface area contributed by atoms with Gasteiger partial charge in [-0.1, -0.05) is 145 Å². The monoisotopic (exact) mass is 812 g/mol. The maximum atomic E-state index is 6.59. The normalized spacial score (nSPS) is 15.0. The second-order valence-electron chi connectivity index (χ2n) is 20.7. The zero-order valence-electron chi connectivity index (χ0n) is 37.3. The van der Waals surface area contributed by atoms with Gasteiger partial charge in [0.15, 0.2) is 7.28 Å². The van der Waals surface area contributed by atoms with E-state index in [-0.39, 0.29) is 16.2 Å². The first-order valence-electron chi connectivity index (χ1n) is 22.6. The van der Waals surface area contributed by atoms with Gasteiger partial charge >= 0.3 is 0 Å². The molecule has 3 aliphatic rings. The Kier molecular flexibility index (Phi) is 7.15. The van der Waals surface area contributed by atoms with Gasteiger partial charge in [0.05, 0.1) is 5.52 Å². The third kappa shape index (κ3) is 4.93. The molecular weight excluding hydrogens is 763 g/mol. The van der Waals surface area contributed by atoms with E-state index >= 15 is 0 Å². The number of aryl methyl sites for hydroxylation is 1. The van der Waals surface area contributed by atoms with Crippen LogP contribution in [0.25, 0.3) is 82.8 Å². The number of hydrogen-bond donors (Lipinski definition) is 1. The molecular formula is C59H49BN2O. The number of nitrogens with one attached hydrogen (secondary N) is 1. The van der Waals surface area contributed by atoms with Crippen LogP contribution in [0, 0.1) is 6.92 Å². The summed E-state index contributed by atoms with van der Waals surface area (Å²) in [6.45, 7) is 18.7. The number of rotatable bonds is 3. The van der Waals surface area contributed by atoms with E-state index in [1.807, 2.05) is 0 Å². The molecule has 13 rings (SSSR count). The first-order chi connectivity index (χ1) is 30.3. The number of fused-ring (bicyclic) bond motifs is 14. The summed E-state index contributed by atoms with van der Waals surface area (Å²) in [5.74, 6) is 0. The van der Waals surface area contributed by atoms with Gasteiger partial charge in [0.25, 0.3) is 0 Å². The van der Waals surface area contributed by atoms with Gasteiger partial charge in [-0.3, -0.25) is 0 Å². The molecule has 8 aromatic carbocycles. The summed E-state index contributed by atoms with van der Waals surface area (Å²) in [7, 11) is 0.830. The third-order valence-electron chi connectivity index (χ3n) is 15.3. The molecule has 4 heteroatoms. The minimum absolute atomic E-state index is 0.0741. The molecule has 1 N–H and O–H groups in total. The van der Waals surface area contributed by atoms with Crippen molar-refractivity contribution >= 4 is 73.3 Å². The maximum absolute atomic E-state index is 6.59. The van der Waals surface area contributed by atoms with Crippen LogP contribution in [0.4, 0.5) is 11.4 Å². The lowest BCUT2D eigenvalue weighted by atomic mass is 9.58. The van der Waals surface area contributed by atoms with Crippen LogP contribution in [0.3, 0.4) is 0 Å². The van der Waals surface area contributed by atoms with Gasteiger partial charge < -0.3 is 14.3 Å². The standard InChI is InChI=1S/C59H49BN2O/c1-32-25-42(40-26-46-38(35-15-9-12-18-44(35)58(46,5)6)27-49(40)61-34-23-21-33(22-24-34)57(2,3)4)55-56-54(32)43-30-53-41(37-17-11-14-20-52(37)63-53)29-50(43)62(56)51-28-39-36-16-10-13-19-45(36)59(7,8)47(39)31-48(51)60-55/h9-31,60-61H,1-8H3. The summed E-state index contributed by atoms with van der Waals surface area (Å²) >= 11 is 0. The third-order valence-corrected chi connectivity index (χ3v) is 15.3. The van der Waals surface area contributed by atoms with Crippen LogP contribution < -0.4 is 16.2 Å². The van der Waals surface area contributed by atoms with Crippen LogP contribution >= 0.6 is 0 Å². The average molecular weight is 813 g/mol. The number of hydrogen-bond acceptors (Lipinski definition) is 2. The van der Waals surface area contributed by atoms with Crippen molar-refractivity contribution in [1.29, 1.82) is 0 Å². The van der Waals surface area contributed by atoms with Crippen LogP contribution in [-0.4, -0.2) is 11.8 Å². The summed E-state index contributed by atoms with van der Waals surface area (Å²) in [4.78, 5) is 0. The molecule has 0 fully saturated rings. The van der Waals surface area contributed by atoms with Crippen molar-refractivity contribution in [3.63, 3.8) is 0 Å². The van der Waals surface area contributed by atoms with Crippen molar-refractivity contribution in [2.24, 2.45) is 0 Å². The lowest BCUT2D eigenvalue weighted by Crippen LogP contribution is -2.38. The second-order valence-corrected chi connectivity index (χ2v) is 20.7. The van der Waals surface area contributed by atoms with Crippen LogP contribution in [0.1, 0.15) is 81.8 Å². The smallest absolute Gasteiger partial charge is 0.198 e. The molecule has 0 amide bonds. The van der Waals surface area contributed by atoms with Gasteiger partial charge in [-0.2, -0.15) is 0 Å². The van der Waals surface area contributed by atoms with E-state index in [9.17, 15) is 0 Å². The lowest BCUT2D eigenvalue weighted by molar-refractivity contribution is 0.590. The predicted molar refractivity (Wildman–Crippen MR) is 268 cm³/mol. The molecule has 2 aromatic heterocycles. The summed E-state index contributed by atoms with van der Waals surface area (Å²) in [6.07, 6.45) is 0. The molecule has 0 unspecified atom stereocenters. The molecule has 304 valence electrons. The summed E-state index contributed by atoms with van der Waals surface area (Å²) < 4.78 is 9.21. The number of aromatic nitrogens is 1. The Labute approximate surface area is 369 Å². The summed E-state index contributed by atoms with van der Waals surface area (Å²) in [5, 5.41) is 8.85. The Morgan fingerprint density at radius 3 is 1.92 bits per heavy atom. The van der Waals surface area contributed by atoms with Crippen LogP contribution in [0.5, 0.6) is 0 Å². The fourth-order valence-electron chi connectivity index (χ4n) is 12.0. The highest BCUT2D eigenvalue weighted by Crippen LogP contribution is 2.53. The van der Waals surface area contributed by atoms with Crippen LogP contribution in [0.2, 0.25) is 0 Å². The average Bonchev–Trinajstić information content (AvgIpc) is 3.94. The quantitative estimate of drug-likeness (QED) is 0.180. The van der Waals surface area contributed by atoms with E-state index in [0.29, 0.717) is 0 Å². The highest BCUT2D eigenvalue weighted by Gasteiger charge is 2.39. The van der Waals surface area contributed by atoms with Gasteiger partial charge in [0.1, 0.15) is 11.2 Å². The highest BCUT2D eigenvalue weighted by atomic mass is 16.3. The van der Waals surface area contributed by atoms with Crippen molar-refractivity contribution < 1.29 is 4.42 Å². The Hall–Kier alpha value is -6.78. The van der Waals surface area contributed by atoms with E-state index in [0.717, 1.165) is 40.6 Å². The molecule has 0 radical (unpaired) electrons. The maximum Gasteiger partial charge on any atom is 0.198 e. The van der Waals surface area contributed by atoms with E-state index in [2.05, 4.69) is 205 Å². The molecule has 0 saturated heterocycles. The first-order valence-corrected chi connectivity index (χ1v) is 22.6. The van der Waals surface area contributed by atoms with Crippen molar-refractivity contribution in [3.05, 3.63) is 173 Å². The van der Waals surface area contributed by atoms with Crippen LogP contribution in [-0.2, 0) is 16.2 Å². The number of anilines is 2. The highest BCUT2D eigenvalue weighted by molar-refractivity contribution is 6.73. The summed E-state index contributed by atoms with van der Waals surface area (Å²) in [6, 6.07) is 52.8. The lowest BCUT2D eigenvalue weighted by Gasteiger charge is -2.28. The Morgan fingerprint density at radius 2 is 1.21 bits per heavy atom. The molecule has 0 atom stereocenters. The fraction of sp³-hybridized carbons (Fsp3) is 0.186. The molecule has 63 heavy (non-hydrogen) atoms. The number of nitrogens with zero attached hydrogens (tertiary/aromatic N) is 1. The molecule has 10 aromatic rings. The number of para-hydroxylation sites is 1. The van der Waals surface area contributed by atoms with Crippen LogP contribution in [0.15, 0.2) is 144 Å². The van der Waals surface area contributed by atoms with Crippen molar-refractivity contribution in [2.45, 2.75) is 71.6 Å². The predicted octanol–water partition coefficient (Wildman–Crippen LogP) is 14.0. The largest absolute Gasteiger partial charge is 0.456 e. The molecule has 1 aliphatic heterocycles. The zero-order chi connectivity index (χ0) is 42.9. The molecule has 0 spiro atoms. The van der Waals surface area contributed by atoms with Crippen molar-refractivity contribution in [3.8, 4) is 39.1 Å².